The predicted molar refractivity (Wildman–Crippen MR) is 78.7 cm³/mol. The summed E-state index contributed by atoms with van der Waals surface area (Å²) < 4.78 is 0. The lowest BCUT2D eigenvalue weighted by Gasteiger charge is -2.28. The minimum atomic E-state index is -0.131. The van der Waals surface area contributed by atoms with Gasteiger partial charge < -0.3 is 21.5 Å². The van der Waals surface area contributed by atoms with E-state index >= 15 is 0 Å². The molecule has 1 saturated carbocycles. The van der Waals surface area contributed by atoms with Gasteiger partial charge in [0, 0.05) is 6.04 Å². The van der Waals surface area contributed by atoms with Crippen LogP contribution >= 0.6 is 12.2 Å². The van der Waals surface area contributed by atoms with E-state index in [2.05, 4.69) is 10.6 Å². The standard InChI is InChI=1S/C13H19N3OS/c14-13(18)16-12-4-2-1-3-11(12)15-9-5-7-10(17)8-6-9/h1-4,9-10,15,17H,5-8H2,(H3,14,16,18). The van der Waals surface area contributed by atoms with Gasteiger partial charge in [-0.2, -0.15) is 0 Å². The summed E-state index contributed by atoms with van der Waals surface area (Å²) >= 11 is 4.86. The molecule has 0 heterocycles. The third-order valence-electron chi connectivity index (χ3n) is 3.24. The average Bonchev–Trinajstić information content (AvgIpc) is 2.34. The molecule has 0 radical (unpaired) electrons. The Hall–Kier alpha value is -1.33. The molecule has 2 rings (SSSR count). The Morgan fingerprint density at radius 3 is 2.39 bits per heavy atom. The van der Waals surface area contributed by atoms with Crippen molar-refractivity contribution in [2.45, 2.75) is 37.8 Å². The number of rotatable bonds is 3. The van der Waals surface area contributed by atoms with Gasteiger partial charge >= 0.3 is 0 Å². The van der Waals surface area contributed by atoms with Crippen LogP contribution in [0.1, 0.15) is 25.7 Å². The maximum Gasteiger partial charge on any atom is 0.168 e. The molecule has 98 valence electrons. The molecule has 0 amide bonds. The Morgan fingerprint density at radius 2 is 1.78 bits per heavy atom. The molecule has 1 fully saturated rings. The minimum Gasteiger partial charge on any atom is -0.393 e. The highest BCUT2D eigenvalue weighted by Gasteiger charge is 2.19. The van der Waals surface area contributed by atoms with Gasteiger partial charge in [0.15, 0.2) is 5.11 Å². The Labute approximate surface area is 113 Å². The van der Waals surface area contributed by atoms with E-state index in [1.54, 1.807) is 0 Å². The molecule has 0 bridgehead atoms. The van der Waals surface area contributed by atoms with Crippen LogP contribution in [0.15, 0.2) is 24.3 Å². The predicted octanol–water partition coefficient (Wildman–Crippen LogP) is 2.06. The molecule has 1 aliphatic rings. The molecule has 0 spiro atoms. The summed E-state index contributed by atoms with van der Waals surface area (Å²) in [6.07, 6.45) is 3.57. The van der Waals surface area contributed by atoms with Crippen LogP contribution in [-0.4, -0.2) is 22.4 Å². The van der Waals surface area contributed by atoms with Crippen molar-refractivity contribution in [1.82, 2.24) is 0 Å². The highest BCUT2D eigenvalue weighted by atomic mass is 32.1. The Balaban J connectivity index is 2.02. The fourth-order valence-corrected chi connectivity index (χ4v) is 2.40. The van der Waals surface area contributed by atoms with Gasteiger partial charge in [-0.3, -0.25) is 0 Å². The molecule has 0 aliphatic heterocycles. The first-order valence-corrected chi connectivity index (χ1v) is 6.66. The summed E-state index contributed by atoms with van der Waals surface area (Å²) in [7, 11) is 0. The molecule has 18 heavy (non-hydrogen) atoms. The number of nitrogens with one attached hydrogen (secondary N) is 2. The number of aliphatic hydroxyl groups excluding tert-OH is 1. The summed E-state index contributed by atoms with van der Waals surface area (Å²) in [5.41, 5.74) is 7.41. The number of anilines is 2. The van der Waals surface area contributed by atoms with Crippen LogP contribution in [0, 0.1) is 0 Å². The summed E-state index contributed by atoms with van der Waals surface area (Å²) in [6.45, 7) is 0. The number of hydrogen-bond donors (Lipinski definition) is 4. The van der Waals surface area contributed by atoms with Gasteiger partial charge in [-0.15, -0.1) is 0 Å². The molecule has 1 aromatic carbocycles. The number of aliphatic hydroxyl groups is 1. The van der Waals surface area contributed by atoms with Crippen molar-refractivity contribution in [1.29, 1.82) is 0 Å². The number of nitrogens with two attached hydrogens (primary N) is 1. The van der Waals surface area contributed by atoms with Crippen molar-refractivity contribution in [2.24, 2.45) is 5.73 Å². The van der Waals surface area contributed by atoms with Gasteiger partial charge in [-0.05, 0) is 50.0 Å². The van der Waals surface area contributed by atoms with E-state index in [1.807, 2.05) is 24.3 Å². The molecular weight excluding hydrogens is 246 g/mol. The second kappa shape index (κ2) is 6.02. The fraction of sp³-hybridized carbons (Fsp3) is 0.462. The first-order valence-electron chi connectivity index (χ1n) is 6.25. The maximum absolute atomic E-state index is 9.49. The topological polar surface area (TPSA) is 70.3 Å². The molecule has 0 unspecified atom stereocenters. The minimum absolute atomic E-state index is 0.131. The van der Waals surface area contributed by atoms with Crippen molar-refractivity contribution >= 4 is 28.7 Å². The van der Waals surface area contributed by atoms with Gasteiger partial charge in [0.05, 0.1) is 17.5 Å². The maximum atomic E-state index is 9.49. The summed E-state index contributed by atoms with van der Waals surface area (Å²) in [5, 5.41) is 16.2. The second-order valence-electron chi connectivity index (χ2n) is 4.68. The van der Waals surface area contributed by atoms with Gasteiger partial charge in [-0.1, -0.05) is 12.1 Å². The van der Waals surface area contributed by atoms with Crippen LogP contribution in [0.3, 0.4) is 0 Å². The Kier molecular flexibility index (Phi) is 4.38. The van der Waals surface area contributed by atoms with Crippen molar-refractivity contribution in [3.05, 3.63) is 24.3 Å². The first kappa shape index (κ1) is 13.1. The Bertz CT molecular complexity index is 416. The van der Waals surface area contributed by atoms with Gasteiger partial charge in [0.2, 0.25) is 0 Å². The van der Waals surface area contributed by atoms with E-state index in [-0.39, 0.29) is 11.2 Å². The molecule has 0 atom stereocenters. The van der Waals surface area contributed by atoms with Crippen LogP contribution in [-0.2, 0) is 0 Å². The van der Waals surface area contributed by atoms with E-state index in [0.29, 0.717) is 6.04 Å². The molecule has 1 aromatic rings. The highest BCUT2D eigenvalue weighted by molar-refractivity contribution is 7.80. The van der Waals surface area contributed by atoms with Crippen LogP contribution in [0.5, 0.6) is 0 Å². The van der Waals surface area contributed by atoms with E-state index < -0.39 is 0 Å². The quantitative estimate of drug-likeness (QED) is 0.630. The number of benzene rings is 1. The first-order chi connectivity index (χ1) is 8.65. The SMILES string of the molecule is NC(=S)Nc1ccccc1NC1CCC(O)CC1. The lowest BCUT2D eigenvalue weighted by atomic mass is 9.93. The van der Waals surface area contributed by atoms with Crippen LogP contribution in [0.2, 0.25) is 0 Å². The lowest BCUT2D eigenvalue weighted by Crippen LogP contribution is -2.29. The number of hydrogen-bond acceptors (Lipinski definition) is 3. The number of para-hydroxylation sites is 2. The zero-order valence-electron chi connectivity index (χ0n) is 10.2. The zero-order valence-corrected chi connectivity index (χ0v) is 11.0. The van der Waals surface area contributed by atoms with E-state index in [4.69, 9.17) is 18.0 Å². The highest BCUT2D eigenvalue weighted by Crippen LogP contribution is 2.26. The van der Waals surface area contributed by atoms with Crippen LogP contribution in [0.4, 0.5) is 11.4 Å². The summed E-state index contributed by atoms with van der Waals surface area (Å²) in [4.78, 5) is 0. The molecule has 5 heteroatoms. The van der Waals surface area contributed by atoms with Crippen LogP contribution in [0.25, 0.3) is 0 Å². The monoisotopic (exact) mass is 265 g/mol. The molecule has 0 saturated heterocycles. The average molecular weight is 265 g/mol. The van der Waals surface area contributed by atoms with E-state index in [0.717, 1.165) is 37.1 Å². The fourth-order valence-electron chi connectivity index (χ4n) is 2.29. The molecule has 0 aromatic heterocycles. The largest absolute Gasteiger partial charge is 0.393 e. The number of thiocarbonyl (C=S) groups is 1. The van der Waals surface area contributed by atoms with Crippen molar-refractivity contribution in [3.63, 3.8) is 0 Å². The summed E-state index contributed by atoms with van der Waals surface area (Å²) in [6, 6.07) is 8.27. The van der Waals surface area contributed by atoms with Gasteiger partial charge in [0.25, 0.3) is 0 Å². The Morgan fingerprint density at radius 1 is 1.17 bits per heavy atom. The molecule has 5 N–H and O–H groups in total. The third kappa shape index (κ3) is 3.58. The lowest BCUT2D eigenvalue weighted by molar-refractivity contribution is 0.126. The van der Waals surface area contributed by atoms with Crippen molar-refractivity contribution < 1.29 is 5.11 Å². The van der Waals surface area contributed by atoms with Gasteiger partial charge in [0.1, 0.15) is 0 Å². The summed E-state index contributed by atoms with van der Waals surface area (Å²) in [5.74, 6) is 0. The van der Waals surface area contributed by atoms with E-state index in [1.165, 1.54) is 0 Å². The van der Waals surface area contributed by atoms with E-state index in [9.17, 15) is 5.11 Å². The molecular formula is C13H19N3OS. The van der Waals surface area contributed by atoms with Gasteiger partial charge in [-0.25, -0.2) is 0 Å². The zero-order chi connectivity index (χ0) is 13.0. The third-order valence-corrected chi connectivity index (χ3v) is 3.34. The smallest absolute Gasteiger partial charge is 0.168 e. The van der Waals surface area contributed by atoms with Crippen molar-refractivity contribution in [3.8, 4) is 0 Å². The normalized spacial score (nSPS) is 23.4. The van der Waals surface area contributed by atoms with Crippen LogP contribution < -0.4 is 16.4 Å². The second-order valence-corrected chi connectivity index (χ2v) is 5.12. The molecule has 4 nitrogen and oxygen atoms in total. The molecule has 1 aliphatic carbocycles. The van der Waals surface area contributed by atoms with Crippen molar-refractivity contribution in [2.75, 3.05) is 10.6 Å².